The molecule has 0 atom stereocenters. The molecule has 0 saturated carbocycles. The summed E-state index contributed by atoms with van der Waals surface area (Å²) in [7, 11) is 3.95. The summed E-state index contributed by atoms with van der Waals surface area (Å²) in [5.41, 5.74) is 0.542. The number of halogens is 2. The van der Waals surface area contributed by atoms with Crippen molar-refractivity contribution in [1.29, 1.82) is 0 Å². The minimum absolute atomic E-state index is 0.0608. The SMILES string of the molecule is CN(C)CCNc1ccc(C(=O)Nc2ccc(F)c(Cl)c2)nn1. The molecule has 8 heteroatoms. The molecule has 6 nitrogen and oxygen atoms in total. The Morgan fingerprint density at radius 3 is 2.65 bits per heavy atom. The number of benzene rings is 1. The van der Waals surface area contributed by atoms with Gasteiger partial charge in [-0.2, -0.15) is 0 Å². The molecule has 2 aromatic rings. The van der Waals surface area contributed by atoms with Gasteiger partial charge < -0.3 is 15.5 Å². The summed E-state index contributed by atoms with van der Waals surface area (Å²) in [4.78, 5) is 14.1. The van der Waals surface area contributed by atoms with Gasteiger partial charge in [-0.25, -0.2) is 4.39 Å². The van der Waals surface area contributed by atoms with Crippen molar-refractivity contribution >= 4 is 29.0 Å². The Bertz CT molecular complexity index is 678. The number of nitrogens with one attached hydrogen (secondary N) is 2. The summed E-state index contributed by atoms with van der Waals surface area (Å²) >= 11 is 5.67. The number of likely N-dealkylation sites (N-methyl/N-ethyl adjacent to an activating group) is 1. The van der Waals surface area contributed by atoms with E-state index in [2.05, 4.69) is 20.8 Å². The maximum atomic E-state index is 13.1. The van der Waals surface area contributed by atoms with E-state index >= 15 is 0 Å². The highest BCUT2D eigenvalue weighted by molar-refractivity contribution is 6.31. The highest BCUT2D eigenvalue weighted by Crippen LogP contribution is 2.19. The van der Waals surface area contributed by atoms with Gasteiger partial charge in [-0.3, -0.25) is 4.79 Å². The van der Waals surface area contributed by atoms with Gasteiger partial charge in [0.2, 0.25) is 0 Å². The van der Waals surface area contributed by atoms with Crippen LogP contribution in [0.25, 0.3) is 0 Å². The van der Waals surface area contributed by atoms with Crippen LogP contribution in [0.5, 0.6) is 0 Å². The summed E-state index contributed by atoms with van der Waals surface area (Å²) < 4.78 is 13.1. The zero-order chi connectivity index (χ0) is 16.8. The second-order valence-corrected chi connectivity index (χ2v) is 5.52. The summed E-state index contributed by atoms with van der Waals surface area (Å²) in [5, 5.41) is 13.4. The number of rotatable bonds is 6. The van der Waals surface area contributed by atoms with Crippen LogP contribution in [0.1, 0.15) is 10.5 Å². The number of hydrogen-bond donors (Lipinski definition) is 2. The third-order valence-electron chi connectivity index (χ3n) is 2.94. The van der Waals surface area contributed by atoms with Crippen LogP contribution in [0, 0.1) is 5.82 Å². The molecule has 2 N–H and O–H groups in total. The Labute approximate surface area is 138 Å². The predicted octanol–water partition coefficient (Wildman–Crippen LogP) is 2.49. The Hall–Kier alpha value is -2.25. The summed E-state index contributed by atoms with van der Waals surface area (Å²) in [6.07, 6.45) is 0. The van der Waals surface area contributed by atoms with Crippen molar-refractivity contribution in [2.75, 3.05) is 37.8 Å². The van der Waals surface area contributed by atoms with Crippen LogP contribution >= 0.6 is 11.6 Å². The molecule has 1 heterocycles. The molecule has 1 aromatic carbocycles. The Morgan fingerprint density at radius 1 is 1.26 bits per heavy atom. The van der Waals surface area contributed by atoms with Gasteiger partial charge >= 0.3 is 0 Å². The van der Waals surface area contributed by atoms with Crippen molar-refractivity contribution in [3.8, 4) is 0 Å². The fraction of sp³-hybridized carbons (Fsp3) is 0.267. The van der Waals surface area contributed by atoms with Crippen LogP contribution in [0.2, 0.25) is 5.02 Å². The van der Waals surface area contributed by atoms with Gasteiger partial charge in [0.05, 0.1) is 5.02 Å². The number of amides is 1. The third-order valence-corrected chi connectivity index (χ3v) is 3.23. The number of hydrogen-bond acceptors (Lipinski definition) is 5. The van der Waals surface area contributed by atoms with E-state index in [1.165, 1.54) is 18.2 Å². The number of carbonyl (C=O) groups is 1. The minimum atomic E-state index is -0.544. The van der Waals surface area contributed by atoms with Gasteiger partial charge in [0.1, 0.15) is 11.6 Å². The molecule has 0 saturated heterocycles. The van der Waals surface area contributed by atoms with Crippen molar-refractivity contribution in [2.45, 2.75) is 0 Å². The first-order valence-electron chi connectivity index (χ1n) is 6.94. The van der Waals surface area contributed by atoms with Gasteiger partial charge in [-0.05, 0) is 44.4 Å². The molecule has 0 aliphatic heterocycles. The molecule has 0 spiro atoms. The molecule has 23 heavy (non-hydrogen) atoms. The van der Waals surface area contributed by atoms with E-state index in [4.69, 9.17) is 11.6 Å². The maximum Gasteiger partial charge on any atom is 0.276 e. The first kappa shape index (κ1) is 17.1. The molecule has 0 bridgehead atoms. The van der Waals surface area contributed by atoms with Crippen LogP contribution in [0.3, 0.4) is 0 Å². The topological polar surface area (TPSA) is 70.2 Å². The first-order valence-corrected chi connectivity index (χ1v) is 7.32. The van der Waals surface area contributed by atoms with Crippen LogP contribution in [0.15, 0.2) is 30.3 Å². The van der Waals surface area contributed by atoms with E-state index in [1.807, 2.05) is 19.0 Å². The van der Waals surface area contributed by atoms with Crippen molar-refractivity contribution in [1.82, 2.24) is 15.1 Å². The van der Waals surface area contributed by atoms with Crippen molar-refractivity contribution < 1.29 is 9.18 Å². The minimum Gasteiger partial charge on any atom is -0.367 e. The molecular weight excluding hydrogens is 321 g/mol. The largest absolute Gasteiger partial charge is 0.367 e. The van der Waals surface area contributed by atoms with Gasteiger partial charge in [0.15, 0.2) is 5.69 Å². The second-order valence-electron chi connectivity index (χ2n) is 5.12. The van der Waals surface area contributed by atoms with Crippen LogP contribution < -0.4 is 10.6 Å². The normalized spacial score (nSPS) is 10.7. The van der Waals surface area contributed by atoms with Crippen molar-refractivity contribution in [3.63, 3.8) is 0 Å². The smallest absolute Gasteiger partial charge is 0.276 e. The van der Waals surface area contributed by atoms with Crippen LogP contribution in [-0.2, 0) is 0 Å². The predicted molar refractivity (Wildman–Crippen MR) is 88.4 cm³/mol. The number of nitrogens with zero attached hydrogens (tertiary/aromatic N) is 3. The van der Waals surface area contributed by atoms with E-state index in [0.717, 1.165) is 13.1 Å². The second kappa shape index (κ2) is 7.85. The molecule has 0 radical (unpaired) electrons. The monoisotopic (exact) mass is 337 g/mol. The molecule has 0 unspecified atom stereocenters. The van der Waals surface area contributed by atoms with E-state index in [9.17, 15) is 9.18 Å². The van der Waals surface area contributed by atoms with E-state index in [1.54, 1.807) is 12.1 Å². The Kier molecular flexibility index (Phi) is 5.84. The fourth-order valence-corrected chi connectivity index (χ4v) is 1.90. The lowest BCUT2D eigenvalue weighted by Gasteiger charge is -2.10. The van der Waals surface area contributed by atoms with Gasteiger partial charge in [-0.15, -0.1) is 10.2 Å². The number of aromatic nitrogens is 2. The summed E-state index contributed by atoms with van der Waals surface area (Å²) in [6, 6.07) is 7.17. The van der Waals surface area contributed by atoms with Crippen LogP contribution in [0.4, 0.5) is 15.9 Å². The van der Waals surface area contributed by atoms with Crippen molar-refractivity contribution in [2.24, 2.45) is 0 Å². The van der Waals surface area contributed by atoms with E-state index in [0.29, 0.717) is 11.5 Å². The first-order chi connectivity index (χ1) is 11.0. The van der Waals surface area contributed by atoms with Crippen LogP contribution in [-0.4, -0.2) is 48.2 Å². The highest BCUT2D eigenvalue weighted by Gasteiger charge is 2.10. The van der Waals surface area contributed by atoms with E-state index < -0.39 is 11.7 Å². The van der Waals surface area contributed by atoms with E-state index in [-0.39, 0.29) is 10.7 Å². The average Bonchev–Trinajstić information content (AvgIpc) is 2.51. The Balaban J connectivity index is 1.95. The van der Waals surface area contributed by atoms with Gasteiger partial charge in [-0.1, -0.05) is 11.6 Å². The van der Waals surface area contributed by atoms with Gasteiger partial charge in [0.25, 0.3) is 5.91 Å². The molecule has 0 aliphatic carbocycles. The third kappa shape index (κ3) is 5.15. The number of carbonyl (C=O) groups excluding carboxylic acids is 1. The lowest BCUT2D eigenvalue weighted by Crippen LogP contribution is -2.21. The summed E-state index contributed by atoms with van der Waals surface area (Å²) in [6.45, 7) is 1.58. The summed E-state index contributed by atoms with van der Waals surface area (Å²) in [5.74, 6) is -0.397. The molecule has 0 fully saturated rings. The number of anilines is 2. The highest BCUT2D eigenvalue weighted by atomic mass is 35.5. The quantitative estimate of drug-likeness (QED) is 0.847. The molecule has 122 valence electrons. The molecular formula is C15H17ClFN5O. The molecule has 0 aliphatic rings. The lowest BCUT2D eigenvalue weighted by molar-refractivity contribution is 0.102. The van der Waals surface area contributed by atoms with Crippen molar-refractivity contribution in [3.05, 3.63) is 46.9 Å². The average molecular weight is 338 g/mol. The molecule has 1 amide bonds. The lowest BCUT2D eigenvalue weighted by atomic mass is 10.3. The Morgan fingerprint density at radius 2 is 2.04 bits per heavy atom. The standard InChI is InChI=1S/C15H17ClFN5O/c1-22(2)8-7-18-14-6-5-13(20-21-14)15(23)19-10-3-4-12(17)11(16)9-10/h3-6,9H,7-8H2,1-2H3,(H,18,21)(H,19,23). The zero-order valence-corrected chi connectivity index (χ0v) is 13.6. The molecule has 2 rings (SSSR count). The maximum absolute atomic E-state index is 13.1. The van der Waals surface area contributed by atoms with Gasteiger partial charge in [0, 0.05) is 18.8 Å². The molecule has 1 aromatic heterocycles. The zero-order valence-electron chi connectivity index (χ0n) is 12.8. The fourth-order valence-electron chi connectivity index (χ4n) is 1.72.